The van der Waals surface area contributed by atoms with Crippen molar-refractivity contribution in [1.82, 2.24) is 15.2 Å². The maximum Gasteiger partial charge on any atom is 0.304 e. The predicted molar refractivity (Wildman–Crippen MR) is 80.7 cm³/mol. The Hall–Kier alpha value is -0.650. The third kappa shape index (κ3) is 3.27. The van der Waals surface area contributed by atoms with Crippen molar-refractivity contribution in [3.63, 3.8) is 0 Å². The Morgan fingerprint density at radius 2 is 2.16 bits per heavy atom. The quantitative estimate of drug-likeness (QED) is 0.871. The van der Waals surface area contributed by atoms with Crippen LogP contribution in [0.15, 0.2) is 10.2 Å². The van der Waals surface area contributed by atoms with Gasteiger partial charge in [-0.15, -0.1) is 0 Å². The Morgan fingerprint density at radius 1 is 1.42 bits per heavy atom. The number of nitrogens with one attached hydrogen (secondary N) is 2. The summed E-state index contributed by atoms with van der Waals surface area (Å²) in [5.74, 6) is 0. The van der Waals surface area contributed by atoms with Crippen molar-refractivity contribution >= 4 is 11.3 Å². The summed E-state index contributed by atoms with van der Waals surface area (Å²) in [6.07, 6.45) is 3.44. The van der Waals surface area contributed by atoms with E-state index in [0.29, 0.717) is 6.04 Å². The lowest BCUT2D eigenvalue weighted by Crippen LogP contribution is -2.63. The van der Waals surface area contributed by atoms with Gasteiger partial charge < -0.3 is 10.3 Å². The number of hydrogen-bond acceptors (Lipinski definition) is 4. The SMILES string of the molecule is CCC1CNC(CC)(CC)CN1Cc1csc(=O)[nH]1. The molecule has 0 bridgehead atoms. The number of nitrogens with zero attached hydrogens (tertiary/aromatic N) is 1. The van der Waals surface area contributed by atoms with Gasteiger partial charge in [0.15, 0.2) is 0 Å². The number of piperazine rings is 1. The van der Waals surface area contributed by atoms with Crippen LogP contribution in [0.4, 0.5) is 0 Å². The van der Waals surface area contributed by atoms with Crippen LogP contribution in [0.1, 0.15) is 45.7 Å². The summed E-state index contributed by atoms with van der Waals surface area (Å²) in [7, 11) is 0. The van der Waals surface area contributed by atoms with Crippen LogP contribution in [0.3, 0.4) is 0 Å². The average Bonchev–Trinajstić information content (AvgIpc) is 2.84. The van der Waals surface area contributed by atoms with Crippen molar-refractivity contribution in [3.8, 4) is 0 Å². The van der Waals surface area contributed by atoms with E-state index in [9.17, 15) is 4.79 Å². The molecule has 0 saturated carbocycles. The van der Waals surface area contributed by atoms with Crippen molar-refractivity contribution < 1.29 is 0 Å². The Kier molecular flexibility index (Phi) is 4.81. The minimum Gasteiger partial charge on any atom is -0.315 e. The molecular formula is C14H25N3OS. The predicted octanol–water partition coefficient (Wildman–Crippen LogP) is 2.18. The lowest BCUT2D eigenvalue weighted by molar-refractivity contribution is 0.0634. The first kappa shape index (κ1) is 14.8. The summed E-state index contributed by atoms with van der Waals surface area (Å²) in [5.41, 5.74) is 1.29. The Labute approximate surface area is 119 Å². The van der Waals surface area contributed by atoms with Crippen LogP contribution in [-0.4, -0.2) is 34.6 Å². The van der Waals surface area contributed by atoms with E-state index in [4.69, 9.17) is 0 Å². The van der Waals surface area contributed by atoms with Crippen LogP contribution in [-0.2, 0) is 6.54 Å². The lowest BCUT2D eigenvalue weighted by atomic mass is 9.88. The molecule has 1 saturated heterocycles. The number of hydrogen-bond donors (Lipinski definition) is 2. The molecule has 1 aromatic heterocycles. The highest BCUT2D eigenvalue weighted by Crippen LogP contribution is 2.25. The molecule has 5 heteroatoms. The Balaban J connectivity index is 2.11. The zero-order valence-electron chi connectivity index (χ0n) is 12.2. The molecule has 1 fully saturated rings. The van der Waals surface area contributed by atoms with Gasteiger partial charge in [0, 0.05) is 42.3 Å². The molecule has 2 N–H and O–H groups in total. The van der Waals surface area contributed by atoms with E-state index in [0.717, 1.165) is 44.6 Å². The number of aromatic nitrogens is 1. The molecule has 1 atom stereocenters. The highest BCUT2D eigenvalue weighted by atomic mass is 32.1. The van der Waals surface area contributed by atoms with Gasteiger partial charge in [-0.1, -0.05) is 32.1 Å². The molecule has 19 heavy (non-hydrogen) atoms. The summed E-state index contributed by atoms with van der Waals surface area (Å²) < 4.78 is 0. The Morgan fingerprint density at radius 3 is 2.68 bits per heavy atom. The highest BCUT2D eigenvalue weighted by Gasteiger charge is 2.35. The molecule has 108 valence electrons. The molecule has 2 rings (SSSR count). The first-order chi connectivity index (χ1) is 9.12. The van der Waals surface area contributed by atoms with Gasteiger partial charge in [0.2, 0.25) is 0 Å². The maximum atomic E-state index is 11.3. The molecule has 0 spiro atoms. The van der Waals surface area contributed by atoms with Crippen molar-refractivity contribution in [2.24, 2.45) is 0 Å². The van der Waals surface area contributed by atoms with Crippen molar-refractivity contribution in [1.29, 1.82) is 0 Å². The van der Waals surface area contributed by atoms with Crippen molar-refractivity contribution in [2.45, 2.75) is 58.2 Å². The first-order valence-electron chi connectivity index (χ1n) is 7.28. The summed E-state index contributed by atoms with van der Waals surface area (Å²) in [4.78, 5) is 16.8. The topological polar surface area (TPSA) is 48.1 Å². The van der Waals surface area contributed by atoms with Crippen molar-refractivity contribution in [3.05, 3.63) is 20.7 Å². The third-order valence-electron chi connectivity index (χ3n) is 4.50. The van der Waals surface area contributed by atoms with E-state index in [1.807, 2.05) is 5.38 Å². The molecular weight excluding hydrogens is 258 g/mol. The second kappa shape index (κ2) is 6.20. The van der Waals surface area contributed by atoms with E-state index in [1.165, 1.54) is 11.3 Å². The van der Waals surface area contributed by atoms with Crippen LogP contribution in [0.5, 0.6) is 0 Å². The van der Waals surface area contributed by atoms with E-state index in [-0.39, 0.29) is 10.4 Å². The van der Waals surface area contributed by atoms with E-state index in [2.05, 4.69) is 36.0 Å². The van der Waals surface area contributed by atoms with Crippen LogP contribution in [0.2, 0.25) is 0 Å². The molecule has 0 amide bonds. The number of thiazole rings is 1. The second-order valence-corrected chi connectivity index (χ2v) is 6.35. The fourth-order valence-corrected chi connectivity index (χ4v) is 3.53. The zero-order chi connectivity index (χ0) is 13.9. The lowest BCUT2D eigenvalue weighted by Gasteiger charge is -2.47. The maximum absolute atomic E-state index is 11.3. The van der Waals surface area contributed by atoms with Crippen molar-refractivity contribution in [2.75, 3.05) is 13.1 Å². The summed E-state index contributed by atoms with van der Waals surface area (Å²) in [6.45, 7) is 9.73. The molecule has 1 aliphatic rings. The monoisotopic (exact) mass is 283 g/mol. The number of H-pyrrole nitrogens is 1. The van der Waals surface area contributed by atoms with E-state index in [1.54, 1.807) is 0 Å². The minimum absolute atomic E-state index is 0.0513. The summed E-state index contributed by atoms with van der Waals surface area (Å²) >= 11 is 1.26. The molecule has 0 aromatic carbocycles. The third-order valence-corrected chi connectivity index (χ3v) is 5.22. The van der Waals surface area contributed by atoms with Crippen LogP contribution in [0, 0.1) is 0 Å². The van der Waals surface area contributed by atoms with Gasteiger partial charge in [0.05, 0.1) is 0 Å². The van der Waals surface area contributed by atoms with Crippen LogP contribution >= 0.6 is 11.3 Å². The molecule has 1 aliphatic heterocycles. The van der Waals surface area contributed by atoms with E-state index >= 15 is 0 Å². The van der Waals surface area contributed by atoms with Crippen LogP contribution in [0.25, 0.3) is 0 Å². The van der Waals surface area contributed by atoms with E-state index < -0.39 is 0 Å². The molecule has 1 aromatic rings. The van der Waals surface area contributed by atoms with Gasteiger partial charge in [-0.25, -0.2) is 0 Å². The van der Waals surface area contributed by atoms with Gasteiger partial charge in [0.25, 0.3) is 0 Å². The smallest absolute Gasteiger partial charge is 0.304 e. The highest BCUT2D eigenvalue weighted by molar-refractivity contribution is 7.07. The molecule has 0 radical (unpaired) electrons. The Bertz CT molecular complexity index is 450. The largest absolute Gasteiger partial charge is 0.315 e. The molecule has 2 heterocycles. The van der Waals surface area contributed by atoms with Gasteiger partial charge in [-0.3, -0.25) is 9.69 Å². The van der Waals surface area contributed by atoms with Gasteiger partial charge in [-0.2, -0.15) is 0 Å². The minimum atomic E-state index is 0.0513. The fourth-order valence-electron chi connectivity index (χ4n) is 2.96. The average molecular weight is 283 g/mol. The van der Waals surface area contributed by atoms with Gasteiger partial charge in [0.1, 0.15) is 0 Å². The molecule has 1 unspecified atom stereocenters. The fraction of sp³-hybridized carbons (Fsp3) is 0.786. The second-order valence-electron chi connectivity index (χ2n) is 5.51. The number of aromatic amines is 1. The van der Waals surface area contributed by atoms with Crippen LogP contribution < -0.4 is 10.2 Å². The standard InChI is InChI=1S/C14H25N3OS/c1-4-12-7-15-14(5-2,6-3)10-17(12)8-11-9-19-13(18)16-11/h9,12,15H,4-8,10H2,1-3H3,(H,16,18). The zero-order valence-corrected chi connectivity index (χ0v) is 13.0. The summed E-state index contributed by atoms with van der Waals surface area (Å²) in [5, 5.41) is 5.70. The normalized spacial score (nSPS) is 23.6. The number of rotatable bonds is 5. The summed E-state index contributed by atoms with van der Waals surface area (Å²) in [6, 6.07) is 0.564. The first-order valence-corrected chi connectivity index (χ1v) is 8.16. The molecule has 4 nitrogen and oxygen atoms in total. The molecule has 0 aliphatic carbocycles. The van der Waals surface area contributed by atoms with Gasteiger partial charge in [-0.05, 0) is 19.3 Å². The van der Waals surface area contributed by atoms with Gasteiger partial charge >= 0.3 is 4.87 Å².